The van der Waals surface area contributed by atoms with Crippen LogP contribution in [0, 0.1) is 5.92 Å². The molecule has 1 aromatic rings. The van der Waals surface area contributed by atoms with Gasteiger partial charge in [-0.3, -0.25) is 15.3 Å². The van der Waals surface area contributed by atoms with Crippen molar-refractivity contribution in [3.8, 4) is 0 Å². The molecule has 0 amide bonds. The summed E-state index contributed by atoms with van der Waals surface area (Å²) in [5.74, 6) is 6.63. The van der Waals surface area contributed by atoms with Crippen LogP contribution in [0.25, 0.3) is 0 Å². The van der Waals surface area contributed by atoms with E-state index in [1.54, 1.807) is 5.01 Å². The number of hydrazine groups is 1. The summed E-state index contributed by atoms with van der Waals surface area (Å²) in [5, 5.41) is 5.24. The first kappa shape index (κ1) is 14.1. The van der Waals surface area contributed by atoms with E-state index in [2.05, 4.69) is 33.4 Å². The van der Waals surface area contributed by atoms with Gasteiger partial charge in [0.2, 0.25) is 0 Å². The van der Waals surface area contributed by atoms with E-state index in [1.807, 2.05) is 30.7 Å². The minimum Gasteiger partial charge on any atom is -0.371 e. The van der Waals surface area contributed by atoms with Gasteiger partial charge in [0.15, 0.2) is 0 Å². The third-order valence-corrected chi connectivity index (χ3v) is 4.24. The zero-order chi connectivity index (χ0) is 14.5. The minimum absolute atomic E-state index is 0.119. The predicted octanol–water partition coefficient (Wildman–Crippen LogP) is 1.47. The Morgan fingerprint density at radius 1 is 1.19 bits per heavy atom. The molecule has 0 bridgehead atoms. The Hall–Kier alpha value is -1.85. The third-order valence-electron chi connectivity index (χ3n) is 4.24. The van der Waals surface area contributed by atoms with Crippen LogP contribution < -0.4 is 16.1 Å². The minimum atomic E-state index is 0.119. The van der Waals surface area contributed by atoms with Crippen molar-refractivity contribution in [3.05, 3.63) is 49.0 Å². The van der Waals surface area contributed by atoms with Crippen LogP contribution in [0.2, 0.25) is 0 Å². The normalized spacial score (nSPS) is 22.8. The monoisotopic (exact) mass is 285 g/mol. The highest BCUT2D eigenvalue weighted by molar-refractivity contribution is 5.44. The van der Waals surface area contributed by atoms with Gasteiger partial charge in [0, 0.05) is 43.9 Å². The number of hydrogen-bond donors (Lipinski definition) is 2. The van der Waals surface area contributed by atoms with Gasteiger partial charge in [-0.05, 0) is 43.0 Å². The molecule has 2 aliphatic rings. The standard InChI is InChI=1S/C16H23N5/c17-21-10-2-1-3-16(21)19-13-14-6-11-20(12-7-14)15-4-8-18-9-5-15/h1-5,8-10,14,16,19H,6-7,11-13,17H2. The number of rotatable bonds is 4. The molecule has 1 unspecified atom stereocenters. The van der Waals surface area contributed by atoms with E-state index in [-0.39, 0.29) is 6.17 Å². The second kappa shape index (κ2) is 6.74. The number of pyridine rings is 1. The lowest BCUT2D eigenvalue weighted by Crippen LogP contribution is -2.48. The molecule has 0 aliphatic carbocycles. The summed E-state index contributed by atoms with van der Waals surface area (Å²) < 4.78 is 0. The Balaban J connectivity index is 1.44. The van der Waals surface area contributed by atoms with Gasteiger partial charge in [-0.15, -0.1) is 0 Å². The Labute approximate surface area is 126 Å². The molecule has 0 radical (unpaired) electrons. The van der Waals surface area contributed by atoms with Crippen molar-refractivity contribution in [3.63, 3.8) is 0 Å². The van der Waals surface area contributed by atoms with Crippen LogP contribution >= 0.6 is 0 Å². The number of allylic oxidation sites excluding steroid dienone is 2. The molecule has 1 fully saturated rings. The van der Waals surface area contributed by atoms with E-state index < -0.39 is 0 Å². The number of anilines is 1. The van der Waals surface area contributed by atoms with Gasteiger partial charge in [0.05, 0.1) is 0 Å². The molecule has 3 N–H and O–H groups in total. The predicted molar refractivity (Wildman–Crippen MR) is 85.3 cm³/mol. The summed E-state index contributed by atoms with van der Waals surface area (Å²) >= 11 is 0. The fourth-order valence-corrected chi connectivity index (χ4v) is 2.92. The molecule has 0 saturated carbocycles. The molecule has 112 valence electrons. The average Bonchev–Trinajstić information content (AvgIpc) is 2.55. The molecule has 1 saturated heterocycles. The van der Waals surface area contributed by atoms with Crippen LogP contribution in [0.3, 0.4) is 0 Å². The fraction of sp³-hybridized carbons (Fsp3) is 0.438. The second-order valence-electron chi connectivity index (χ2n) is 5.66. The van der Waals surface area contributed by atoms with Crippen LogP contribution in [0.4, 0.5) is 5.69 Å². The smallest absolute Gasteiger partial charge is 0.113 e. The molecule has 2 aliphatic heterocycles. The van der Waals surface area contributed by atoms with Gasteiger partial charge in [0.1, 0.15) is 6.17 Å². The number of aromatic nitrogens is 1. The summed E-state index contributed by atoms with van der Waals surface area (Å²) in [6, 6.07) is 4.17. The number of nitrogens with zero attached hydrogens (tertiary/aromatic N) is 3. The summed E-state index contributed by atoms with van der Waals surface area (Å²) in [4.78, 5) is 6.52. The summed E-state index contributed by atoms with van der Waals surface area (Å²) in [6.07, 6.45) is 14.2. The van der Waals surface area contributed by atoms with Crippen molar-refractivity contribution in [1.82, 2.24) is 15.3 Å². The van der Waals surface area contributed by atoms with E-state index in [4.69, 9.17) is 5.84 Å². The van der Waals surface area contributed by atoms with Gasteiger partial charge in [-0.25, -0.2) is 5.84 Å². The van der Waals surface area contributed by atoms with Crippen molar-refractivity contribution >= 4 is 5.69 Å². The average molecular weight is 285 g/mol. The van der Waals surface area contributed by atoms with Gasteiger partial charge in [-0.2, -0.15) is 0 Å². The first-order valence-electron chi connectivity index (χ1n) is 7.59. The first-order chi connectivity index (χ1) is 10.3. The topological polar surface area (TPSA) is 57.4 Å². The molecule has 5 nitrogen and oxygen atoms in total. The maximum atomic E-state index is 5.91. The lowest BCUT2D eigenvalue weighted by Gasteiger charge is -2.35. The molecule has 5 heteroatoms. The van der Waals surface area contributed by atoms with Crippen LogP contribution in [-0.4, -0.2) is 35.8 Å². The molecule has 3 heterocycles. The SMILES string of the molecule is NN1C=CC=CC1NCC1CCN(c2ccncc2)CC1. The second-order valence-corrected chi connectivity index (χ2v) is 5.66. The number of nitrogens with one attached hydrogen (secondary N) is 1. The van der Waals surface area contributed by atoms with Gasteiger partial charge in [-0.1, -0.05) is 6.08 Å². The zero-order valence-corrected chi connectivity index (χ0v) is 12.2. The molecular weight excluding hydrogens is 262 g/mol. The highest BCUT2D eigenvalue weighted by Gasteiger charge is 2.20. The van der Waals surface area contributed by atoms with Crippen LogP contribution in [0.15, 0.2) is 49.0 Å². The largest absolute Gasteiger partial charge is 0.371 e. The molecule has 3 rings (SSSR count). The van der Waals surface area contributed by atoms with Crippen LogP contribution in [0.1, 0.15) is 12.8 Å². The lowest BCUT2D eigenvalue weighted by atomic mass is 9.96. The quantitative estimate of drug-likeness (QED) is 0.821. The Morgan fingerprint density at radius 2 is 1.95 bits per heavy atom. The Morgan fingerprint density at radius 3 is 2.67 bits per heavy atom. The van der Waals surface area contributed by atoms with Crippen molar-refractivity contribution < 1.29 is 0 Å². The number of hydrogen-bond acceptors (Lipinski definition) is 5. The van der Waals surface area contributed by atoms with Crippen molar-refractivity contribution in [2.75, 3.05) is 24.5 Å². The van der Waals surface area contributed by atoms with Crippen molar-refractivity contribution in [2.24, 2.45) is 11.8 Å². The highest BCUT2D eigenvalue weighted by atomic mass is 15.5. The van der Waals surface area contributed by atoms with E-state index in [0.29, 0.717) is 0 Å². The van der Waals surface area contributed by atoms with Crippen LogP contribution in [0.5, 0.6) is 0 Å². The Bertz CT molecular complexity index is 491. The zero-order valence-electron chi connectivity index (χ0n) is 12.2. The number of nitrogens with two attached hydrogens (primary N) is 1. The third kappa shape index (κ3) is 3.62. The van der Waals surface area contributed by atoms with Gasteiger partial charge in [0.25, 0.3) is 0 Å². The highest BCUT2D eigenvalue weighted by Crippen LogP contribution is 2.22. The fourth-order valence-electron chi connectivity index (χ4n) is 2.92. The maximum absolute atomic E-state index is 5.91. The van der Waals surface area contributed by atoms with Crippen molar-refractivity contribution in [1.29, 1.82) is 0 Å². The van der Waals surface area contributed by atoms with Crippen molar-refractivity contribution in [2.45, 2.75) is 19.0 Å². The van der Waals surface area contributed by atoms with E-state index in [9.17, 15) is 0 Å². The summed E-state index contributed by atoms with van der Waals surface area (Å²) in [7, 11) is 0. The molecule has 0 spiro atoms. The Kier molecular flexibility index (Phi) is 4.52. The molecule has 0 aromatic carbocycles. The van der Waals surface area contributed by atoms with Crippen LogP contribution in [-0.2, 0) is 0 Å². The van der Waals surface area contributed by atoms with E-state index in [0.717, 1.165) is 25.6 Å². The molecule has 1 atom stereocenters. The molecule has 1 aromatic heterocycles. The summed E-state index contributed by atoms with van der Waals surface area (Å²) in [6.45, 7) is 3.24. The lowest BCUT2D eigenvalue weighted by molar-refractivity contribution is 0.258. The summed E-state index contributed by atoms with van der Waals surface area (Å²) in [5.41, 5.74) is 1.28. The van der Waals surface area contributed by atoms with E-state index in [1.165, 1.54) is 18.5 Å². The van der Waals surface area contributed by atoms with Gasteiger partial charge < -0.3 is 4.90 Å². The van der Waals surface area contributed by atoms with E-state index >= 15 is 0 Å². The molecule has 21 heavy (non-hydrogen) atoms. The molecular formula is C16H23N5. The van der Waals surface area contributed by atoms with Gasteiger partial charge >= 0.3 is 0 Å². The number of piperidine rings is 1. The first-order valence-corrected chi connectivity index (χ1v) is 7.59. The maximum Gasteiger partial charge on any atom is 0.113 e.